The molecule has 15 heavy (non-hydrogen) atoms. The van der Waals surface area contributed by atoms with Crippen molar-refractivity contribution in [1.29, 1.82) is 0 Å². The lowest BCUT2D eigenvalue weighted by Crippen LogP contribution is -2.49. The van der Waals surface area contributed by atoms with Gasteiger partial charge >= 0.3 is 0 Å². The minimum Gasteiger partial charge on any atom is -0.376 e. The van der Waals surface area contributed by atoms with Gasteiger partial charge in [0, 0.05) is 12.6 Å². The lowest BCUT2D eigenvalue weighted by atomic mass is 9.79. The summed E-state index contributed by atoms with van der Waals surface area (Å²) in [6.07, 6.45) is 5.48. The maximum Gasteiger partial charge on any atom is 0.0776 e. The van der Waals surface area contributed by atoms with Gasteiger partial charge in [-0.1, -0.05) is 33.6 Å². The van der Waals surface area contributed by atoms with E-state index in [-0.39, 0.29) is 17.6 Å². The fourth-order valence-corrected chi connectivity index (χ4v) is 2.71. The summed E-state index contributed by atoms with van der Waals surface area (Å²) in [6.45, 7) is 9.49. The Morgan fingerprint density at radius 3 is 2.20 bits per heavy atom. The zero-order valence-corrected chi connectivity index (χ0v) is 10.8. The molecule has 2 atom stereocenters. The molecule has 0 spiro atoms. The highest BCUT2D eigenvalue weighted by Crippen LogP contribution is 2.34. The van der Waals surface area contributed by atoms with Gasteiger partial charge in [-0.2, -0.15) is 0 Å². The third-order valence-electron chi connectivity index (χ3n) is 3.49. The summed E-state index contributed by atoms with van der Waals surface area (Å²) >= 11 is 0. The van der Waals surface area contributed by atoms with Crippen molar-refractivity contribution in [3.05, 3.63) is 0 Å². The Kier molecular flexibility index (Phi) is 4.60. The number of nitrogens with two attached hydrogens (primary N) is 1. The molecule has 1 saturated carbocycles. The van der Waals surface area contributed by atoms with Crippen LogP contribution in [0.15, 0.2) is 0 Å². The van der Waals surface area contributed by atoms with Crippen molar-refractivity contribution >= 4 is 0 Å². The van der Waals surface area contributed by atoms with Gasteiger partial charge in [-0.15, -0.1) is 0 Å². The molecule has 0 saturated heterocycles. The van der Waals surface area contributed by atoms with Crippen molar-refractivity contribution in [3.63, 3.8) is 0 Å². The Hall–Kier alpha value is -0.0800. The predicted octanol–water partition coefficient (Wildman–Crippen LogP) is 2.96. The maximum atomic E-state index is 6.37. The largest absolute Gasteiger partial charge is 0.376 e. The zero-order valence-electron chi connectivity index (χ0n) is 10.8. The van der Waals surface area contributed by atoms with Crippen LogP contribution in [0.3, 0.4) is 0 Å². The van der Waals surface area contributed by atoms with Crippen LogP contribution in [0.1, 0.15) is 53.4 Å². The summed E-state index contributed by atoms with van der Waals surface area (Å²) in [4.78, 5) is 0. The summed E-state index contributed by atoms with van der Waals surface area (Å²) in [5.41, 5.74) is 6.52. The third kappa shape index (κ3) is 3.46. The van der Waals surface area contributed by atoms with Crippen molar-refractivity contribution in [2.75, 3.05) is 6.61 Å². The lowest BCUT2D eigenvalue weighted by molar-refractivity contribution is -0.0389. The molecule has 0 aromatic carbocycles. The molecule has 0 aliphatic heterocycles. The van der Waals surface area contributed by atoms with Crippen molar-refractivity contribution < 1.29 is 4.74 Å². The van der Waals surface area contributed by atoms with E-state index in [1.54, 1.807) is 0 Å². The molecule has 0 amide bonds. The first kappa shape index (κ1) is 13.0. The first-order valence-electron chi connectivity index (χ1n) is 6.34. The van der Waals surface area contributed by atoms with Crippen molar-refractivity contribution in [1.82, 2.24) is 0 Å². The molecule has 0 heterocycles. The van der Waals surface area contributed by atoms with E-state index in [1.807, 2.05) is 0 Å². The molecule has 0 aromatic heterocycles. The Labute approximate surface area is 94.6 Å². The van der Waals surface area contributed by atoms with Crippen molar-refractivity contribution in [2.45, 2.75) is 65.5 Å². The number of rotatable bonds is 4. The Bertz CT molecular complexity index is 179. The third-order valence-corrected chi connectivity index (χ3v) is 3.49. The topological polar surface area (TPSA) is 35.2 Å². The van der Waals surface area contributed by atoms with E-state index in [0.29, 0.717) is 5.92 Å². The second-order valence-electron chi connectivity index (χ2n) is 5.86. The minimum atomic E-state index is 0.151. The summed E-state index contributed by atoms with van der Waals surface area (Å²) in [5.74, 6) is 0.681. The van der Waals surface area contributed by atoms with Crippen LogP contribution in [0.5, 0.6) is 0 Å². The average Bonchev–Trinajstić information content (AvgIpc) is 2.63. The Morgan fingerprint density at radius 1 is 1.27 bits per heavy atom. The average molecular weight is 213 g/mol. The van der Waals surface area contributed by atoms with Gasteiger partial charge in [-0.25, -0.2) is 0 Å². The van der Waals surface area contributed by atoms with Gasteiger partial charge in [0.25, 0.3) is 0 Å². The highest BCUT2D eigenvalue weighted by Gasteiger charge is 2.36. The van der Waals surface area contributed by atoms with E-state index < -0.39 is 0 Å². The second kappa shape index (κ2) is 5.31. The molecule has 0 radical (unpaired) electrons. The quantitative estimate of drug-likeness (QED) is 0.779. The van der Waals surface area contributed by atoms with Gasteiger partial charge < -0.3 is 10.5 Å². The zero-order chi connectivity index (χ0) is 11.5. The maximum absolute atomic E-state index is 6.37. The summed E-state index contributed by atoms with van der Waals surface area (Å²) in [6, 6.07) is 0.215. The van der Waals surface area contributed by atoms with E-state index in [2.05, 4.69) is 27.7 Å². The smallest absolute Gasteiger partial charge is 0.0776 e. The number of ether oxygens (including phenoxy) is 1. The van der Waals surface area contributed by atoms with Crippen LogP contribution in [0.25, 0.3) is 0 Å². The van der Waals surface area contributed by atoms with Gasteiger partial charge in [-0.05, 0) is 31.1 Å². The van der Waals surface area contributed by atoms with Crippen LogP contribution in [-0.2, 0) is 4.74 Å². The van der Waals surface area contributed by atoms with Gasteiger partial charge in [0.05, 0.1) is 6.10 Å². The van der Waals surface area contributed by atoms with Gasteiger partial charge in [0.2, 0.25) is 0 Å². The fourth-order valence-electron chi connectivity index (χ4n) is 2.71. The molecule has 2 nitrogen and oxygen atoms in total. The van der Waals surface area contributed by atoms with E-state index in [0.717, 1.165) is 6.61 Å². The molecule has 1 fully saturated rings. The van der Waals surface area contributed by atoms with Crippen LogP contribution in [0, 0.1) is 11.3 Å². The molecule has 2 heteroatoms. The van der Waals surface area contributed by atoms with E-state index in [1.165, 1.54) is 25.7 Å². The van der Waals surface area contributed by atoms with Crippen LogP contribution in [0.2, 0.25) is 0 Å². The van der Waals surface area contributed by atoms with E-state index in [9.17, 15) is 0 Å². The van der Waals surface area contributed by atoms with Gasteiger partial charge in [0.15, 0.2) is 0 Å². The molecular formula is C13H27NO. The number of hydrogen-bond acceptors (Lipinski definition) is 2. The van der Waals surface area contributed by atoms with Gasteiger partial charge in [-0.3, -0.25) is 0 Å². The molecule has 90 valence electrons. The van der Waals surface area contributed by atoms with E-state index >= 15 is 0 Å². The number of hydrogen-bond donors (Lipinski definition) is 1. The fraction of sp³-hybridized carbons (Fsp3) is 1.00. The van der Waals surface area contributed by atoms with Crippen molar-refractivity contribution in [3.8, 4) is 0 Å². The summed E-state index contributed by atoms with van der Waals surface area (Å²) in [7, 11) is 0. The summed E-state index contributed by atoms with van der Waals surface area (Å²) < 4.78 is 5.86. The first-order valence-corrected chi connectivity index (χ1v) is 6.34. The normalized spacial score (nSPS) is 23.0. The SMILES string of the molecule is CCOC(C(N)C1CCCC1)C(C)(C)C. The molecular weight excluding hydrogens is 186 g/mol. The Balaban J connectivity index is 2.61. The van der Waals surface area contributed by atoms with Crippen LogP contribution < -0.4 is 5.73 Å². The monoisotopic (exact) mass is 213 g/mol. The predicted molar refractivity (Wildman–Crippen MR) is 64.8 cm³/mol. The second-order valence-corrected chi connectivity index (χ2v) is 5.86. The highest BCUT2D eigenvalue weighted by molar-refractivity contribution is 4.90. The first-order chi connectivity index (χ1) is 6.96. The van der Waals surface area contributed by atoms with Gasteiger partial charge in [0.1, 0.15) is 0 Å². The highest BCUT2D eigenvalue weighted by atomic mass is 16.5. The van der Waals surface area contributed by atoms with Crippen LogP contribution in [0.4, 0.5) is 0 Å². The molecule has 1 aliphatic carbocycles. The van der Waals surface area contributed by atoms with Crippen LogP contribution >= 0.6 is 0 Å². The molecule has 2 N–H and O–H groups in total. The van der Waals surface area contributed by atoms with Crippen molar-refractivity contribution in [2.24, 2.45) is 17.1 Å². The van der Waals surface area contributed by atoms with Crippen LogP contribution in [-0.4, -0.2) is 18.8 Å². The van der Waals surface area contributed by atoms with E-state index in [4.69, 9.17) is 10.5 Å². The minimum absolute atomic E-state index is 0.151. The Morgan fingerprint density at radius 2 is 1.80 bits per heavy atom. The molecule has 2 unspecified atom stereocenters. The molecule has 0 aromatic rings. The molecule has 0 bridgehead atoms. The lowest BCUT2D eigenvalue weighted by Gasteiger charge is -2.37. The molecule has 1 aliphatic rings. The summed E-state index contributed by atoms with van der Waals surface area (Å²) in [5, 5.41) is 0. The standard InChI is InChI=1S/C13H27NO/c1-5-15-12(13(2,3)4)11(14)10-8-6-7-9-10/h10-12H,5-9,14H2,1-4H3. The molecule has 1 rings (SSSR count).